The summed E-state index contributed by atoms with van der Waals surface area (Å²) in [6.45, 7) is 3.53. The maximum atomic E-state index is 8.92. The number of piperazine rings is 1. The first-order valence-electron chi connectivity index (χ1n) is 4.10. The van der Waals surface area contributed by atoms with E-state index in [1.165, 1.54) is 12.3 Å². The van der Waals surface area contributed by atoms with Gasteiger partial charge in [0.25, 0.3) is 0 Å². The summed E-state index contributed by atoms with van der Waals surface area (Å²) in [4.78, 5) is 2.46. The van der Waals surface area contributed by atoms with Crippen molar-refractivity contribution in [2.24, 2.45) is 0 Å². The third kappa shape index (κ3) is 1.54. The quantitative estimate of drug-likeness (QED) is 0.552. The standard InChI is InChI=1S/C7H14N2OS/c10-5-6-4-9-1-2-11-7(9)3-8-6/h6-8,10H,1-5H2/t6-,7?/m1/s1. The Hall–Kier alpha value is 0.230. The molecule has 2 rings (SSSR count). The lowest BCUT2D eigenvalue weighted by molar-refractivity contribution is 0.148. The van der Waals surface area contributed by atoms with Crippen LogP contribution in [0.15, 0.2) is 0 Å². The Morgan fingerprint density at radius 1 is 1.64 bits per heavy atom. The van der Waals surface area contributed by atoms with Crippen molar-refractivity contribution < 1.29 is 5.11 Å². The highest BCUT2D eigenvalue weighted by Gasteiger charge is 2.31. The van der Waals surface area contributed by atoms with Crippen molar-refractivity contribution in [1.29, 1.82) is 0 Å². The summed E-state index contributed by atoms with van der Waals surface area (Å²) in [5.74, 6) is 1.25. The van der Waals surface area contributed by atoms with Gasteiger partial charge in [0, 0.05) is 31.4 Å². The minimum absolute atomic E-state index is 0.272. The molecule has 0 aromatic rings. The fraction of sp³-hybridized carbons (Fsp3) is 1.00. The molecule has 11 heavy (non-hydrogen) atoms. The van der Waals surface area contributed by atoms with Crippen LogP contribution in [-0.4, -0.2) is 53.4 Å². The van der Waals surface area contributed by atoms with Gasteiger partial charge in [-0.05, 0) is 0 Å². The first-order valence-corrected chi connectivity index (χ1v) is 5.15. The largest absolute Gasteiger partial charge is 0.395 e. The summed E-state index contributed by atoms with van der Waals surface area (Å²) in [5, 5.41) is 12.9. The highest BCUT2D eigenvalue weighted by Crippen LogP contribution is 2.25. The number of aliphatic hydroxyl groups is 1. The van der Waals surface area contributed by atoms with Crippen molar-refractivity contribution in [2.45, 2.75) is 11.4 Å². The zero-order valence-corrected chi connectivity index (χ0v) is 7.31. The van der Waals surface area contributed by atoms with Crippen LogP contribution in [0.5, 0.6) is 0 Å². The van der Waals surface area contributed by atoms with E-state index in [-0.39, 0.29) is 6.61 Å². The van der Waals surface area contributed by atoms with E-state index in [9.17, 15) is 0 Å². The smallest absolute Gasteiger partial charge is 0.0685 e. The lowest BCUT2D eigenvalue weighted by Gasteiger charge is -2.34. The van der Waals surface area contributed by atoms with Gasteiger partial charge in [-0.15, -0.1) is 11.8 Å². The third-order valence-electron chi connectivity index (χ3n) is 2.35. The van der Waals surface area contributed by atoms with Crippen molar-refractivity contribution in [3.63, 3.8) is 0 Å². The molecule has 0 bridgehead atoms. The van der Waals surface area contributed by atoms with Crippen LogP contribution in [0.3, 0.4) is 0 Å². The zero-order chi connectivity index (χ0) is 7.68. The van der Waals surface area contributed by atoms with Crippen LogP contribution in [0, 0.1) is 0 Å². The lowest BCUT2D eigenvalue weighted by Crippen LogP contribution is -2.54. The highest BCUT2D eigenvalue weighted by molar-refractivity contribution is 8.00. The summed E-state index contributed by atoms with van der Waals surface area (Å²) in [6.07, 6.45) is 0. The monoisotopic (exact) mass is 174 g/mol. The van der Waals surface area contributed by atoms with Crippen LogP contribution in [0.4, 0.5) is 0 Å². The number of thioether (sulfide) groups is 1. The minimum atomic E-state index is 0.272. The predicted octanol–water partition coefficient (Wildman–Crippen LogP) is -0.675. The van der Waals surface area contributed by atoms with E-state index in [0.717, 1.165) is 13.1 Å². The third-order valence-corrected chi connectivity index (χ3v) is 3.62. The second-order valence-electron chi connectivity index (χ2n) is 3.11. The normalized spacial score (nSPS) is 39.0. The van der Waals surface area contributed by atoms with Gasteiger partial charge in [-0.25, -0.2) is 0 Å². The van der Waals surface area contributed by atoms with Crippen molar-refractivity contribution in [2.75, 3.05) is 32.0 Å². The Bertz CT molecular complexity index is 144. The Balaban J connectivity index is 1.91. The molecule has 2 heterocycles. The van der Waals surface area contributed by atoms with Gasteiger partial charge in [0.1, 0.15) is 0 Å². The molecule has 2 fully saturated rings. The molecule has 3 nitrogen and oxygen atoms in total. The van der Waals surface area contributed by atoms with Gasteiger partial charge in [0.2, 0.25) is 0 Å². The molecule has 0 aromatic carbocycles. The van der Waals surface area contributed by atoms with Crippen molar-refractivity contribution >= 4 is 11.8 Å². The van der Waals surface area contributed by atoms with E-state index in [1.807, 2.05) is 11.8 Å². The van der Waals surface area contributed by atoms with Crippen LogP contribution >= 0.6 is 11.8 Å². The van der Waals surface area contributed by atoms with Gasteiger partial charge in [0.05, 0.1) is 12.0 Å². The number of aliphatic hydroxyl groups excluding tert-OH is 1. The molecule has 2 aliphatic heterocycles. The molecule has 64 valence electrons. The summed E-state index contributed by atoms with van der Waals surface area (Å²) in [6, 6.07) is 0.310. The van der Waals surface area contributed by atoms with Gasteiger partial charge >= 0.3 is 0 Å². The Morgan fingerprint density at radius 2 is 2.55 bits per heavy atom. The van der Waals surface area contributed by atoms with Crippen LogP contribution in [0.2, 0.25) is 0 Å². The Labute approximate surface area is 71.1 Å². The fourth-order valence-electron chi connectivity index (χ4n) is 1.69. The molecule has 2 aliphatic rings. The molecule has 0 saturated carbocycles. The maximum Gasteiger partial charge on any atom is 0.0685 e. The molecule has 1 unspecified atom stereocenters. The number of fused-ring (bicyclic) bond motifs is 1. The van der Waals surface area contributed by atoms with Crippen LogP contribution < -0.4 is 5.32 Å². The summed E-state index contributed by atoms with van der Waals surface area (Å²) >= 11 is 2.02. The molecule has 0 aliphatic carbocycles. The molecule has 2 atom stereocenters. The number of hydrogen-bond donors (Lipinski definition) is 2. The number of nitrogens with zero attached hydrogens (tertiary/aromatic N) is 1. The first-order chi connectivity index (χ1) is 5.40. The van der Waals surface area contributed by atoms with E-state index in [2.05, 4.69) is 10.2 Å². The predicted molar refractivity (Wildman–Crippen MR) is 46.7 cm³/mol. The molecule has 0 radical (unpaired) electrons. The molecule has 2 N–H and O–H groups in total. The molecule has 2 saturated heterocycles. The summed E-state index contributed by atoms with van der Waals surface area (Å²) in [7, 11) is 0. The van der Waals surface area contributed by atoms with Gasteiger partial charge < -0.3 is 10.4 Å². The first kappa shape index (κ1) is 7.86. The van der Waals surface area contributed by atoms with Crippen LogP contribution in [-0.2, 0) is 0 Å². The number of nitrogens with one attached hydrogen (secondary N) is 1. The topological polar surface area (TPSA) is 35.5 Å². The molecule has 0 aromatic heterocycles. The molecule has 0 spiro atoms. The summed E-state index contributed by atoms with van der Waals surface area (Å²) in [5.41, 5.74) is 0. The van der Waals surface area contributed by atoms with Crippen LogP contribution in [0.25, 0.3) is 0 Å². The van der Waals surface area contributed by atoms with E-state index < -0.39 is 0 Å². The highest BCUT2D eigenvalue weighted by atomic mass is 32.2. The average Bonchev–Trinajstić information content (AvgIpc) is 2.50. The van der Waals surface area contributed by atoms with Gasteiger partial charge in [0.15, 0.2) is 0 Å². The SMILES string of the molecule is OC[C@H]1CN2CCSC2CN1. The van der Waals surface area contributed by atoms with Crippen LogP contribution in [0.1, 0.15) is 0 Å². The molecular weight excluding hydrogens is 160 g/mol. The minimum Gasteiger partial charge on any atom is -0.395 e. The molecule has 0 amide bonds. The Kier molecular flexibility index (Phi) is 2.36. The second-order valence-corrected chi connectivity index (χ2v) is 4.39. The zero-order valence-electron chi connectivity index (χ0n) is 6.49. The summed E-state index contributed by atoms with van der Waals surface area (Å²) < 4.78 is 0. The Morgan fingerprint density at radius 3 is 3.36 bits per heavy atom. The number of hydrogen-bond acceptors (Lipinski definition) is 4. The van der Waals surface area contributed by atoms with Crippen molar-refractivity contribution in [3.8, 4) is 0 Å². The van der Waals surface area contributed by atoms with Crippen molar-refractivity contribution in [3.05, 3.63) is 0 Å². The van der Waals surface area contributed by atoms with E-state index >= 15 is 0 Å². The second kappa shape index (κ2) is 3.31. The maximum absolute atomic E-state index is 8.92. The molecular formula is C7H14N2OS. The van der Waals surface area contributed by atoms with Crippen molar-refractivity contribution in [1.82, 2.24) is 10.2 Å². The fourth-order valence-corrected chi connectivity index (χ4v) is 2.92. The molecule has 4 heteroatoms. The van der Waals surface area contributed by atoms with Gasteiger partial charge in [-0.2, -0.15) is 0 Å². The van der Waals surface area contributed by atoms with Gasteiger partial charge in [-0.3, -0.25) is 4.90 Å². The van der Waals surface area contributed by atoms with Gasteiger partial charge in [-0.1, -0.05) is 0 Å². The average molecular weight is 174 g/mol. The van der Waals surface area contributed by atoms with E-state index in [1.54, 1.807) is 0 Å². The number of rotatable bonds is 1. The van der Waals surface area contributed by atoms with E-state index in [0.29, 0.717) is 11.4 Å². The lowest BCUT2D eigenvalue weighted by atomic mass is 10.2. The van der Waals surface area contributed by atoms with E-state index in [4.69, 9.17) is 5.11 Å².